The number of nitrogens with zero attached hydrogens (tertiary/aromatic N) is 2. The van der Waals surface area contributed by atoms with E-state index in [-0.39, 0.29) is 18.1 Å². The molecule has 3 atom stereocenters. The Bertz CT molecular complexity index is 848. The molecule has 2 aromatic rings. The van der Waals surface area contributed by atoms with Gasteiger partial charge < -0.3 is 4.74 Å². The second-order valence-corrected chi connectivity index (χ2v) is 7.88. The zero-order valence-electron chi connectivity index (χ0n) is 13.3. The van der Waals surface area contributed by atoms with Crippen LogP contribution in [-0.4, -0.2) is 15.4 Å². The first kappa shape index (κ1) is 15.8. The van der Waals surface area contributed by atoms with Crippen LogP contribution in [0.3, 0.4) is 0 Å². The maximum atomic E-state index is 12.1. The van der Waals surface area contributed by atoms with Crippen molar-refractivity contribution in [1.82, 2.24) is 9.38 Å². The zero-order valence-corrected chi connectivity index (χ0v) is 14.9. The standard InChI is InChI=1S/C18H19BrN2O3/c19-14-3-4-16-20-15(8-17(22)21(16)9-14)10-24-18(23)7-13-6-11-1-2-12(13)5-11/h3-4,8-9,11-13H,1-2,5-7,10H2/t11-,12-,13-/m1/s1. The van der Waals surface area contributed by atoms with Crippen molar-refractivity contribution >= 4 is 27.5 Å². The number of rotatable bonds is 4. The van der Waals surface area contributed by atoms with E-state index >= 15 is 0 Å². The first-order chi connectivity index (χ1) is 11.6. The highest BCUT2D eigenvalue weighted by Crippen LogP contribution is 2.49. The van der Waals surface area contributed by atoms with Gasteiger partial charge in [0.1, 0.15) is 12.3 Å². The van der Waals surface area contributed by atoms with Gasteiger partial charge in [0, 0.05) is 23.2 Å². The normalized spacial score (nSPS) is 25.3. The van der Waals surface area contributed by atoms with Crippen molar-refractivity contribution in [3.63, 3.8) is 0 Å². The SMILES string of the molecule is O=C(C[C@H]1C[C@@H]2CC[C@@H]1C2)OCc1cc(=O)n2cc(Br)ccc2n1. The summed E-state index contributed by atoms with van der Waals surface area (Å²) in [5.74, 6) is 1.85. The van der Waals surface area contributed by atoms with Crippen LogP contribution in [0.25, 0.3) is 5.65 Å². The van der Waals surface area contributed by atoms with E-state index in [9.17, 15) is 9.59 Å². The van der Waals surface area contributed by atoms with Crippen molar-refractivity contribution in [2.24, 2.45) is 17.8 Å². The molecule has 0 saturated heterocycles. The third-order valence-electron chi connectivity index (χ3n) is 5.37. The molecule has 2 saturated carbocycles. The Morgan fingerprint density at radius 1 is 1.33 bits per heavy atom. The molecule has 0 unspecified atom stereocenters. The van der Waals surface area contributed by atoms with Gasteiger partial charge in [0.15, 0.2) is 0 Å². The number of esters is 1. The lowest BCUT2D eigenvalue weighted by Crippen LogP contribution is -2.19. The van der Waals surface area contributed by atoms with E-state index in [1.807, 2.05) is 6.07 Å². The van der Waals surface area contributed by atoms with Crippen LogP contribution in [0.1, 0.15) is 37.8 Å². The maximum Gasteiger partial charge on any atom is 0.306 e. The summed E-state index contributed by atoms with van der Waals surface area (Å²) in [5, 5.41) is 0. The fourth-order valence-electron chi connectivity index (χ4n) is 4.25. The average Bonchev–Trinajstić information content (AvgIpc) is 3.16. The van der Waals surface area contributed by atoms with Crippen LogP contribution in [0.15, 0.2) is 33.7 Å². The largest absolute Gasteiger partial charge is 0.459 e. The molecule has 24 heavy (non-hydrogen) atoms. The number of hydrogen-bond donors (Lipinski definition) is 0. The summed E-state index contributed by atoms with van der Waals surface area (Å²) in [6.45, 7) is 0.0570. The molecule has 5 nitrogen and oxygen atoms in total. The van der Waals surface area contributed by atoms with Crippen LogP contribution in [0.4, 0.5) is 0 Å². The van der Waals surface area contributed by atoms with E-state index < -0.39 is 0 Å². The summed E-state index contributed by atoms with van der Waals surface area (Å²) in [4.78, 5) is 28.6. The Labute approximate surface area is 148 Å². The quantitative estimate of drug-likeness (QED) is 0.751. The summed E-state index contributed by atoms with van der Waals surface area (Å²) in [6, 6.07) is 5.00. The zero-order chi connectivity index (χ0) is 16.7. The molecule has 126 valence electrons. The van der Waals surface area contributed by atoms with Crippen LogP contribution in [-0.2, 0) is 16.1 Å². The summed E-state index contributed by atoms with van der Waals surface area (Å²) in [5.41, 5.74) is 0.855. The molecule has 6 heteroatoms. The average molecular weight is 391 g/mol. The summed E-state index contributed by atoms with van der Waals surface area (Å²) in [6.07, 6.45) is 7.23. The van der Waals surface area contributed by atoms with Crippen LogP contribution >= 0.6 is 15.9 Å². The van der Waals surface area contributed by atoms with Gasteiger partial charge in [-0.15, -0.1) is 0 Å². The molecule has 2 aromatic heterocycles. The van der Waals surface area contributed by atoms with E-state index in [4.69, 9.17) is 4.74 Å². The highest BCUT2D eigenvalue weighted by Gasteiger charge is 2.40. The Kier molecular flexibility index (Phi) is 4.16. The molecule has 2 bridgehead atoms. The number of ether oxygens (including phenoxy) is 1. The second-order valence-electron chi connectivity index (χ2n) is 6.96. The smallest absolute Gasteiger partial charge is 0.306 e. The Hall–Kier alpha value is -1.69. The number of halogens is 1. The first-order valence-electron chi connectivity index (χ1n) is 8.42. The Morgan fingerprint density at radius 3 is 2.96 bits per heavy atom. The van der Waals surface area contributed by atoms with Crippen molar-refractivity contribution in [3.05, 3.63) is 44.9 Å². The third kappa shape index (κ3) is 3.11. The molecule has 2 aliphatic carbocycles. The van der Waals surface area contributed by atoms with E-state index in [1.165, 1.54) is 36.2 Å². The van der Waals surface area contributed by atoms with Gasteiger partial charge in [0.2, 0.25) is 0 Å². The van der Waals surface area contributed by atoms with Gasteiger partial charge >= 0.3 is 5.97 Å². The number of aromatic nitrogens is 2. The van der Waals surface area contributed by atoms with E-state index in [1.54, 1.807) is 12.3 Å². The van der Waals surface area contributed by atoms with Gasteiger partial charge in [-0.2, -0.15) is 0 Å². The number of fused-ring (bicyclic) bond motifs is 3. The van der Waals surface area contributed by atoms with Crippen molar-refractivity contribution in [2.75, 3.05) is 0 Å². The fourth-order valence-corrected chi connectivity index (χ4v) is 4.59. The summed E-state index contributed by atoms with van der Waals surface area (Å²) < 4.78 is 7.64. The van der Waals surface area contributed by atoms with Crippen molar-refractivity contribution in [3.8, 4) is 0 Å². The first-order valence-corrected chi connectivity index (χ1v) is 9.21. The number of carbonyl (C=O) groups is 1. The molecule has 2 fully saturated rings. The molecule has 0 aliphatic heterocycles. The number of pyridine rings is 1. The van der Waals surface area contributed by atoms with Crippen LogP contribution in [0, 0.1) is 17.8 Å². The fraction of sp³-hybridized carbons (Fsp3) is 0.500. The lowest BCUT2D eigenvalue weighted by Gasteiger charge is -2.20. The minimum Gasteiger partial charge on any atom is -0.459 e. The van der Waals surface area contributed by atoms with Gasteiger partial charge in [0.25, 0.3) is 5.56 Å². The maximum absolute atomic E-state index is 12.1. The van der Waals surface area contributed by atoms with Crippen molar-refractivity contribution in [2.45, 2.75) is 38.7 Å². The van der Waals surface area contributed by atoms with Crippen molar-refractivity contribution < 1.29 is 9.53 Å². The van der Waals surface area contributed by atoms with Crippen LogP contribution < -0.4 is 5.56 Å². The van der Waals surface area contributed by atoms with E-state index in [0.717, 1.165) is 10.4 Å². The third-order valence-corrected chi connectivity index (χ3v) is 5.84. The molecule has 2 aliphatic rings. The monoisotopic (exact) mass is 390 g/mol. The number of hydrogen-bond acceptors (Lipinski definition) is 4. The topological polar surface area (TPSA) is 60.7 Å². The lowest BCUT2D eigenvalue weighted by atomic mass is 9.86. The molecule has 0 spiro atoms. The van der Waals surface area contributed by atoms with Gasteiger partial charge in [-0.05, 0) is 65.1 Å². The molecular formula is C18H19BrN2O3. The van der Waals surface area contributed by atoms with Gasteiger partial charge in [-0.25, -0.2) is 4.98 Å². The van der Waals surface area contributed by atoms with Crippen LogP contribution in [0.5, 0.6) is 0 Å². The Balaban J connectivity index is 1.40. The summed E-state index contributed by atoms with van der Waals surface area (Å²) in [7, 11) is 0. The minimum atomic E-state index is -0.180. The predicted molar refractivity (Wildman–Crippen MR) is 92.5 cm³/mol. The van der Waals surface area contributed by atoms with Crippen LogP contribution in [0.2, 0.25) is 0 Å². The molecule has 0 radical (unpaired) electrons. The predicted octanol–water partition coefficient (Wildman–Crippen LogP) is 3.33. The molecular weight excluding hydrogens is 372 g/mol. The highest BCUT2D eigenvalue weighted by atomic mass is 79.9. The molecule has 0 amide bonds. The Morgan fingerprint density at radius 2 is 2.21 bits per heavy atom. The second kappa shape index (κ2) is 6.31. The summed E-state index contributed by atoms with van der Waals surface area (Å²) >= 11 is 3.33. The minimum absolute atomic E-state index is 0.0570. The molecule has 4 rings (SSSR count). The van der Waals surface area contributed by atoms with Crippen molar-refractivity contribution in [1.29, 1.82) is 0 Å². The lowest BCUT2D eigenvalue weighted by molar-refractivity contribution is -0.146. The molecule has 0 aromatic carbocycles. The van der Waals surface area contributed by atoms with E-state index in [0.29, 0.717) is 29.6 Å². The highest BCUT2D eigenvalue weighted by molar-refractivity contribution is 9.10. The van der Waals surface area contributed by atoms with E-state index in [2.05, 4.69) is 20.9 Å². The van der Waals surface area contributed by atoms with Gasteiger partial charge in [-0.1, -0.05) is 6.42 Å². The molecule has 0 N–H and O–H groups in total. The molecule has 2 heterocycles. The number of carbonyl (C=O) groups excluding carboxylic acids is 1. The van der Waals surface area contributed by atoms with Gasteiger partial charge in [0.05, 0.1) is 5.69 Å². The van der Waals surface area contributed by atoms with Gasteiger partial charge in [-0.3, -0.25) is 14.0 Å².